The largest absolute Gasteiger partial charge is 0.517 e. The Balaban J connectivity index is 1.68. The third kappa shape index (κ3) is 4.75. The lowest BCUT2D eigenvalue weighted by Gasteiger charge is -2.55. The number of nitrogens with zero attached hydrogens (tertiary/aromatic N) is 1. The summed E-state index contributed by atoms with van der Waals surface area (Å²) >= 11 is 0. The SMILES string of the molecule is CC(OC(=O)C12CC3CC(CC(C3)C1)C2)C(F)(F)S(=O)(=O)N(C1=CC(=O)CC(C)(C)C1)S(=O)(=O)C(F)(F)F. The molecule has 38 heavy (non-hydrogen) atoms. The van der Waals surface area contributed by atoms with Crippen LogP contribution in [0.25, 0.3) is 0 Å². The zero-order valence-corrected chi connectivity index (χ0v) is 22.7. The Hall–Kier alpha value is -1.77. The zero-order valence-electron chi connectivity index (χ0n) is 21.1. The molecule has 0 aromatic heterocycles. The number of ketones is 1. The second kappa shape index (κ2) is 8.87. The van der Waals surface area contributed by atoms with Gasteiger partial charge in [0.15, 0.2) is 11.9 Å². The van der Waals surface area contributed by atoms with E-state index in [1.807, 2.05) is 0 Å². The van der Waals surface area contributed by atoms with Gasteiger partial charge in [0.05, 0.1) is 11.1 Å². The molecule has 216 valence electrons. The monoisotopic (exact) mass is 591 g/mol. The van der Waals surface area contributed by atoms with Gasteiger partial charge in [-0.25, -0.2) is 0 Å². The molecular formula is C23H30F5NO7S2. The summed E-state index contributed by atoms with van der Waals surface area (Å²) in [4.78, 5) is 25.2. The molecule has 5 rings (SSSR count). The Morgan fingerprint density at radius 2 is 1.42 bits per heavy atom. The van der Waals surface area contributed by atoms with Crippen molar-refractivity contribution in [2.24, 2.45) is 28.6 Å². The van der Waals surface area contributed by atoms with Gasteiger partial charge in [-0.2, -0.15) is 42.5 Å². The summed E-state index contributed by atoms with van der Waals surface area (Å²) in [6.07, 6.45) is 0.380. The van der Waals surface area contributed by atoms with Gasteiger partial charge < -0.3 is 4.74 Å². The second-order valence-electron chi connectivity index (χ2n) is 12.1. The van der Waals surface area contributed by atoms with Crippen LogP contribution >= 0.6 is 0 Å². The average Bonchev–Trinajstić information content (AvgIpc) is 2.69. The Morgan fingerprint density at radius 1 is 0.947 bits per heavy atom. The topological polar surface area (TPSA) is 115 Å². The highest BCUT2D eigenvalue weighted by atomic mass is 32.3. The number of sulfonamides is 2. The molecule has 8 nitrogen and oxygen atoms in total. The predicted molar refractivity (Wildman–Crippen MR) is 123 cm³/mol. The molecule has 1 atom stereocenters. The number of allylic oxidation sites excluding steroid dienone is 2. The minimum Gasteiger partial charge on any atom is -0.455 e. The Labute approximate surface area is 218 Å². The van der Waals surface area contributed by atoms with Gasteiger partial charge in [-0.15, -0.1) is 0 Å². The molecule has 0 aromatic rings. The maximum atomic E-state index is 15.5. The minimum absolute atomic E-state index is 0.208. The van der Waals surface area contributed by atoms with Crippen LogP contribution in [0.2, 0.25) is 0 Å². The van der Waals surface area contributed by atoms with E-state index in [2.05, 4.69) is 0 Å². The molecule has 0 aromatic carbocycles. The number of ether oxygens (including phenoxy) is 1. The maximum Gasteiger partial charge on any atom is 0.517 e. The van der Waals surface area contributed by atoms with Gasteiger partial charge in [0, 0.05) is 12.5 Å². The molecule has 0 N–H and O–H groups in total. The third-order valence-corrected chi connectivity index (χ3v) is 12.3. The third-order valence-electron chi connectivity index (χ3n) is 8.18. The first-order valence-electron chi connectivity index (χ1n) is 12.3. The van der Waals surface area contributed by atoms with Crippen molar-refractivity contribution >= 4 is 31.8 Å². The van der Waals surface area contributed by atoms with E-state index in [1.54, 1.807) is 0 Å². The van der Waals surface area contributed by atoms with Crippen LogP contribution in [0.5, 0.6) is 0 Å². The molecule has 0 radical (unpaired) electrons. The van der Waals surface area contributed by atoms with Crippen molar-refractivity contribution in [2.45, 2.75) is 89.0 Å². The summed E-state index contributed by atoms with van der Waals surface area (Å²) in [6.45, 7) is 3.19. The van der Waals surface area contributed by atoms with E-state index >= 15 is 8.78 Å². The fourth-order valence-corrected chi connectivity index (χ4v) is 10.3. The number of carbonyl (C=O) groups is 2. The predicted octanol–water partition coefficient (Wildman–Crippen LogP) is 4.48. The van der Waals surface area contributed by atoms with Gasteiger partial charge in [-0.05, 0) is 75.0 Å². The van der Waals surface area contributed by atoms with Crippen molar-refractivity contribution in [1.82, 2.24) is 3.71 Å². The smallest absolute Gasteiger partial charge is 0.455 e. The van der Waals surface area contributed by atoms with Crippen molar-refractivity contribution in [3.05, 3.63) is 11.8 Å². The molecule has 5 aliphatic carbocycles. The second-order valence-corrected chi connectivity index (χ2v) is 15.9. The van der Waals surface area contributed by atoms with Crippen LogP contribution in [0.4, 0.5) is 22.0 Å². The fraction of sp³-hybridized carbons (Fsp3) is 0.826. The van der Waals surface area contributed by atoms with Crippen molar-refractivity contribution in [2.75, 3.05) is 0 Å². The number of alkyl halides is 5. The molecule has 0 heterocycles. The minimum atomic E-state index is -6.95. The van der Waals surface area contributed by atoms with E-state index in [0.717, 1.165) is 19.3 Å². The molecule has 1 unspecified atom stereocenters. The first-order valence-corrected chi connectivity index (χ1v) is 15.2. The van der Waals surface area contributed by atoms with Gasteiger partial charge in [0.25, 0.3) is 0 Å². The van der Waals surface area contributed by atoms with Crippen LogP contribution in [0.15, 0.2) is 11.8 Å². The summed E-state index contributed by atoms with van der Waals surface area (Å²) < 4.78 is 126. The molecule has 15 heteroatoms. The van der Waals surface area contributed by atoms with Crippen LogP contribution in [0.1, 0.15) is 72.1 Å². The van der Waals surface area contributed by atoms with Gasteiger partial charge >= 0.3 is 36.8 Å². The summed E-state index contributed by atoms with van der Waals surface area (Å²) in [5, 5.41) is -5.28. The highest BCUT2D eigenvalue weighted by molar-refractivity contribution is 8.05. The lowest BCUT2D eigenvalue weighted by molar-refractivity contribution is -0.185. The van der Waals surface area contributed by atoms with Gasteiger partial charge in [0.2, 0.25) is 0 Å². The van der Waals surface area contributed by atoms with Crippen LogP contribution in [-0.4, -0.2) is 49.2 Å². The number of halogens is 5. The molecule has 0 aliphatic heterocycles. The van der Waals surface area contributed by atoms with E-state index < -0.39 is 75.3 Å². The molecule has 4 fully saturated rings. The number of esters is 1. The number of hydrogen-bond donors (Lipinski definition) is 0. The Bertz CT molecular complexity index is 1240. The van der Waals surface area contributed by atoms with Gasteiger partial charge in [0.1, 0.15) is 0 Å². The van der Waals surface area contributed by atoms with E-state index in [0.29, 0.717) is 32.3 Å². The van der Waals surface area contributed by atoms with Crippen LogP contribution in [0, 0.1) is 28.6 Å². The first-order chi connectivity index (χ1) is 17.1. The molecule has 0 saturated heterocycles. The molecule has 0 amide bonds. The summed E-state index contributed by atoms with van der Waals surface area (Å²) in [5.41, 5.74) is -9.85. The molecule has 4 bridgehead atoms. The average molecular weight is 592 g/mol. The summed E-state index contributed by atoms with van der Waals surface area (Å²) in [6, 6.07) is 0. The van der Waals surface area contributed by atoms with E-state index in [4.69, 9.17) is 4.74 Å². The molecule has 4 saturated carbocycles. The highest BCUT2D eigenvalue weighted by Gasteiger charge is 2.65. The molecular weight excluding hydrogens is 561 g/mol. The lowest BCUT2D eigenvalue weighted by Crippen LogP contribution is -2.56. The maximum absolute atomic E-state index is 15.5. The van der Waals surface area contributed by atoms with Crippen molar-refractivity contribution in [3.8, 4) is 0 Å². The lowest BCUT2D eigenvalue weighted by atomic mass is 9.49. The van der Waals surface area contributed by atoms with Crippen molar-refractivity contribution in [1.29, 1.82) is 0 Å². The molecule has 0 spiro atoms. The van der Waals surface area contributed by atoms with Crippen LogP contribution < -0.4 is 0 Å². The summed E-state index contributed by atoms with van der Waals surface area (Å²) in [5.74, 6) is -1.37. The highest BCUT2D eigenvalue weighted by Crippen LogP contribution is 2.60. The number of rotatable bonds is 7. The van der Waals surface area contributed by atoms with E-state index in [1.165, 1.54) is 13.8 Å². The fourth-order valence-electron chi connectivity index (χ4n) is 7.00. The van der Waals surface area contributed by atoms with E-state index in [-0.39, 0.29) is 24.2 Å². The normalized spacial score (nSPS) is 32.1. The first kappa shape index (κ1) is 29.2. The van der Waals surface area contributed by atoms with Gasteiger partial charge in [-0.3, -0.25) is 9.59 Å². The van der Waals surface area contributed by atoms with Crippen molar-refractivity contribution < 1.29 is 53.1 Å². The standard InChI is InChI=1S/C23H30F5NO7S2/c1-13(36-19(31)21-8-14-4-15(9-21)6-16(5-14)10-21)22(24,25)37(32,33)29(38(34,35)23(26,27)28)17-7-18(30)12-20(2,3)11-17/h7,13-16H,4-6,8-12H2,1-3H3. The number of carbonyl (C=O) groups excluding carboxylic acids is 2. The number of hydrogen-bond acceptors (Lipinski definition) is 7. The van der Waals surface area contributed by atoms with Gasteiger partial charge in [-0.1, -0.05) is 13.8 Å². The molecule has 5 aliphatic rings. The van der Waals surface area contributed by atoms with Crippen molar-refractivity contribution in [3.63, 3.8) is 0 Å². The Morgan fingerprint density at radius 3 is 1.84 bits per heavy atom. The van der Waals surface area contributed by atoms with Crippen LogP contribution in [0.3, 0.4) is 0 Å². The quantitative estimate of drug-likeness (QED) is 0.317. The van der Waals surface area contributed by atoms with E-state index in [9.17, 15) is 39.6 Å². The Kier molecular flexibility index (Phi) is 6.82. The van der Waals surface area contributed by atoms with Crippen LogP contribution in [-0.2, 0) is 34.4 Å². The summed E-state index contributed by atoms with van der Waals surface area (Å²) in [7, 11) is -13.7. The zero-order chi connectivity index (χ0) is 28.7.